The molecule has 2 heteroatoms. The van der Waals surface area contributed by atoms with Gasteiger partial charge in [-0.1, -0.05) is 59.3 Å². The van der Waals surface area contributed by atoms with Crippen molar-refractivity contribution in [2.75, 3.05) is 6.54 Å². The summed E-state index contributed by atoms with van der Waals surface area (Å²) >= 11 is 3.70. The van der Waals surface area contributed by atoms with Crippen molar-refractivity contribution in [2.24, 2.45) is 5.73 Å². The smallest absolute Gasteiger partial charge is 0.0210 e. The molecule has 112 valence electrons. The molecule has 0 amide bonds. The number of aryl methyl sites for hydroxylation is 2. The van der Waals surface area contributed by atoms with Crippen molar-refractivity contribution in [3.63, 3.8) is 0 Å². The molecule has 2 unspecified atom stereocenters. The second kappa shape index (κ2) is 7.24. The Labute approximate surface area is 136 Å². The Bertz CT molecular complexity index is 586. The predicted molar refractivity (Wildman–Crippen MR) is 94.9 cm³/mol. The number of hydrogen-bond acceptors (Lipinski definition) is 1. The van der Waals surface area contributed by atoms with Gasteiger partial charge in [0.15, 0.2) is 0 Å². The molecule has 2 rings (SSSR count). The van der Waals surface area contributed by atoms with Crippen LogP contribution >= 0.6 is 15.9 Å². The molecular weight excluding hydrogens is 322 g/mol. The number of rotatable bonds is 5. The van der Waals surface area contributed by atoms with Gasteiger partial charge in [0.1, 0.15) is 0 Å². The minimum Gasteiger partial charge on any atom is -0.330 e. The highest BCUT2D eigenvalue weighted by Crippen LogP contribution is 2.40. The maximum atomic E-state index is 5.89. The SMILES string of the molecule is Cc1cccc(C)c1C(C)C(CCN)c1ccccc1Br. The molecule has 0 aliphatic rings. The maximum absolute atomic E-state index is 5.89. The average Bonchev–Trinajstić information content (AvgIpc) is 2.45. The van der Waals surface area contributed by atoms with Crippen LogP contribution in [0.2, 0.25) is 0 Å². The van der Waals surface area contributed by atoms with Gasteiger partial charge in [0, 0.05) is 4.47 Å². The lowest BCUT2D eigenvalue weighted by molar-refractivity contribution is 0.536. The normalized spacial score (nSPS) is 14.0. The lowest BCUT2D eigenvalue weighted by Crippen LogP contribution is -2.15. The van der Waals surface area contributed by atoms with E-state index in [0.29, 0.717) is 18.4 Å². The summed E-state index contributed by atoms with van der Waals surface area (Å²) in [6, 6.07) is 15.1. The lowest BCUT2D eigenvalue weighted by Gasteiger charge is -2.28. The van der Waals surface area contributed by atoms with Crippen LogP contribution in [-0.4, -0.2) is 6.54 Å². The van der Waals surface area contributed by atoms with Gasteiger partial charge in [0.05, 0.1) is 0 Å². The van der Waals surface area contributed by atoms with Gasteiger partial charge in [-0.2, -0.15) is 0 Å². The monoisotopic (exact) mass is 345 g/mol. The molecule has 2 atom stereocenters. The molecule has 21 heavy (non-hydrogen) atoms. The van der Waals surface area contributed by atoms with Crippen molar-refractivity contribution < 1.29 is 0 Å². The largest absolute Gasteiger partial charge is 0.330 e. The number of halogens is 1. The summed E-state index contributed by atoms with van der Waals surface area (Å²) in [6.07, 6.45) is 0.998. The van der Waals surface area contributed by atoms with E-state index in [0.717, 1.165) is 6.42 Å². The quantitative estimate of drug-likeness (QED) is 0.781. The number of benzene rings is 2. The summed E-state index contributed by atoms with van der Waals surface area (Å²) in [5.74, 6) is 0.888. The minimum atomic E-state index is 0.436. The molecule has 1 nitrogen and oxygen atoms in total. The van der Waals surface area contributed by atoms with Crippen LogP contribution in [0, 0.1) is 13.8 Å². The van der Waals surface area contributed by atoms with Crippen LogP contribution < -0.4 is 5.73 Å². The molecule has 0 fully saturated rings. The van der Waals surface area contributed by atoms with E-state index in [-0.39, 0.29) is 0 Å². The zero-order valence-corrected chi connectivity index (χ0v) is 14.7. The van der Waals surface area contributed by atoms with E-state index in [9.17, 15) is 0 Å². The Morgan fingerprint density at radius 3 is 2.19 bits per heavy atom. The molecule has 2 aromatic rings. The van der Waals surface area contributed by atoms with Gasteiger partial charge in [-0.15, -0.1) is 0 Å². The van der Waals surface area contributed by atoms with Crippen LogP contribution in [0.1, 0.15) is 47.4 Å². The average molecular weight is 346 g/mol. The second-order valence-electron chi connectivity index (χ2n) is 5.80. The van der Waals surface area contributed by atoms with Crippen LogP contribution in [0.15, 0.2) is 46.9 Å². The van der Waals surface area contributed by atoms with Crippen LogP contribution in [0.4, 0.5) is 0 Å². The van der Waals surface area contributed by atoms with Gasteiger partial charge in [-0.05, 0) is 67.0 Å². The zero-order chi connectivity index (χ0) is 15.4. The van der Waals surface area contributed by atoms with E-state index in [4.69, 9.17) is 5.73 Å². The third-order valence-electron chi connectivity index (χ3n) is 4.38. The molecule has 0 spiro atoms. The maximum Gasteiger partial charge on any atom is 0.0210 e. The molecule has 0 aromatic heterocycles. The molecular formula is C19H24BrN. The minimum absolute atomic E-state index is 0.436. The molecule has 0 heterocycles. The third kappa shape index (κ3) is 3.56. The first-order valence-corrected chi connectivity index (χ1v) is 8.36. The fourth-order valence-electron chi connectivity index (χ4n) is 3.38. The highest BCUT2D eigenvalue weighted by Gasteiger charge is 2.24. The molecule has 2 aromatic carbocycles. The fourth-order valence-corrected chi connectivity index (χ4v) is 3.96. The second-order valence-corrected chi connectivity index (χ2v) is 6.65. The highest BCUT2D eigenvalue weighted by molar-refractivity contribution is 9.10. The van der Waals surface area contributed by atoms with Gasteiger partial charge in [-0.25, -0.2) is 0 Å². The van der Waals surface area contributed by atoms with E-state index in [1.54, 1.807) is 0 Å². The first kappa shape index (κ1) is 16.3. The fraction of sp³-hybridized carbons (Fsp3) is 0.368. The van der Waals surface area contributed by atoms with E-state index in [1.807, 2.05) is 0 Å². The summed E-state index contributed by atoms with van der Waals surface area (Å²) in [6.45, 7) is 7.45. The van der Waals surface area contributed by atoms with Crippen molar-refractivity contribution >= 4 is 15.9 Å². The molecule has 0 aliphatic carbocycles. The van der Waals surface area contributed by atoms with E-state index in [1.165, 1.54) is 26.7 Å². The molecule has 0 bridgehead atoms. The topological polar surface area (TPSA) is 26.0 Å². The van der Waals surface area contributed by atoms with Crippen LogP contribution in [0.5, 0.6) is 0 Å². The van der Waals surface area contributed by atoms with Crippen molar-refractivity contribution in [1.82, 2.24) is 0 Å². The summed E-state index contributed by atoms with van der Waals surface area (Å²) in [4.78, 5) is 0. The van der Waals surface area contributed by atoms with Crippen molar-refractivity contribution in [2.45, 2.75) is 39.0 Å². The van der Waals surface area contributed by atoms with Gasteiger partial charge in [-0.3, -0.25) is 0 Å². The molecule has 0 saturated carbocycles. The highest BCUT2D eigenvalue weighted by atomic mass is 79.9. The Morgan fingerprint density at radius 1 is 1.00 bits per heavy atom. The van der Waals surface area contributed by atoms with Gasteiger partial charge in [0.25, 0.3) is 0 Å². The van der Waals surface area contributed by atoms with Gasteiger partial charge in [0.2, 0.25) is 0 Å². The lowest BCUT2D eigenvalue weighted by atomic mass is 9.78. The Hall–Kier alpha value is -1.12. The van der Waals surface area contributed by atoms with E-state index < -0.39 is 0 Å². The zero-order valence-electron chi connectivity index (χ0n) is 13.1. The number of nitrogens with two attached hydrogens (primary N) is 1. The molecule has 0 saturated heterocycles. The Balaban J connectivity index is 2.45. The third-order valence-corrected chi connectivity index (χ3v) is 5.11. The van der Waals surface area contributed by atoms with Gasteiger partial charge >= 0.3 is 0 Å². The standard InChI is InChI=1S/C19H24BrN/c1-13-7-6-8-14(2)19(13)15(3)16(11-12-21)17-9-4-5-10-18(17)20/h4-10,15-16H,11-12,21H2,1-3H3. The molecule has 2 N–H and O–H groups in total. The molecule has 0 radical (unpaired) electrons. The van der Waals surface area contributed by atoms with Crippen molar-refractivity contribution in [3.05, 3.63) is 69.2 Å². The summed E-state index contributed by atoms with van der Waals surface area (Å²) in [5.41, 5.74) is 11.5. The van der Waals surface area contributed by atoms with Crippen LogP contribution in [-0.2, 0) is 0 Å². The first-order chi connectivity index (χ1) is 10.1. The van der Waals surface area contributed by atoms with E-state index >= 15 is 0 Å². The first-order valence-electron chi connectivity index (χ1n) is 7.56. The summed E-state index contributed by atoms with van der Waals surface area (Å²) in [7, 11) is 0. The van der Waals surface area contributed by atoms with Gasteiger partial charge < -0.3 is 5.73 Å². The Morgan fingerprint density at radius 2 is 1.62 bits per heavy atom. The Kier molecular flexibility index (Phi) is 5.60. The number of hydrogen-bond donors (Lipinski definition) is 1. The van der Waals surface area contributed by atoms with Crippen molar-refractivity contribution in [1.29, 1.82) is 0 Å². The van der Waals surface area contributed by atoms with E-state index in [2.05, 4.69) is 79.2 Å². The molecule has 0 aliphatic heterocycles. The van der Waals surface area contributed by atoms with Crippen molar-refractivity contribution in [3.8, 4) is 0 Å². The summed E-state index contributed by atoms with van der Waals surface area (Å²) < 4.78 is 1.18. The van der Waals surface area contributed by atoms with Crippen LogP contribution in [0.25, 0.3) is 0 Å². The summed E-state index contributed by atoms with van der Waals surface area (Å²) in [5, 5.41) is 0. The predicted octanol–water partition coefficient (Wildman–Crippen LogP) is 5.30. The van der Waals surface area contributed by atoms with Crippen LogP contribution in [0.3, 0.4) is 0 Å².